The third kappa shape index (κ3) is 13.8. The second kappa shape index (κ2) is 27.1. The number of aromatic hydroxyl groups is 2. The minimum atomic E-state index is -0.127. The Kier molecular flexibility index (Phi) is 21.5. The minimum absolute atomic E-state index is 0.120. The van der Waals surface area contributed by atoms with Gasteiger partial charge in [0.05, 0.1) is 0 Å². The second-order valence-electron chi connectivity index (χ2n) is 18.8. The first-order valence-electron chi connectivity index (χ1n) is 26.6. The Morgan fingerprint density at radius 1 is 0.582 bits per heavy atom. The Balaban J connectivity index is 0.00000414. The summed E-state index contributed by atoms with van der Waals surface area (Å²) < 4.78 is 13.9. The average molecular weight is 907 g/mol. The first kappa shape index (κ1) is 53.0. The van der Waals surface area contributed by atoms with E-state index in [-0.39, 0.29) is 18.1 Å². The molecule has 4 aromatic rings. The number of unbranched alkanes of at least 4 members (excludes halogenated alkanes) is 1. The molecule has 0 aromatic heterocycles. The van der Waals surface area contributed by atoms with Gasteiger partial charge in [0.1, 0.15) is 35.2 Å². The lowest BCUT2D eigenvalue weighted by atomic mass is 9.83. The van der Waals surface area contributed by atoms with Crippen LogP contribution in [0.25, 0.3) is 27.8 Å². The van der Waals surface area contributed by atoms with Crippen molar-refractivity contribution in [3.8, 4) is 45.3 Å². The predicted molar refractivity (Wildman–Crippen MR) is 288 cm³/mol. The lowest BCUT2D eigenvalue weighted by molar-refractivity contribution is 0.106. The van der Waals surface area contributed by atoms with Gasteiger partial charge in [0.15, 0.2) is 0 Å². The van der Waals surface area contributed by atoms with Crippen molar-refractivity contribution in [2.45, 2.75) is 203 Å². The summed E-state index contributed by atoms with van der Waals surface area (Å²) in [5.74, 6) is 2.34. The van der Waals surface area contributed by atoms with Gasteiger partial charge in [-0.15, -0.1) is 0 Å². The van der Waals surface area contributed by atoms with Gasteiger partial charge in [0, 0.05) is 45.7 Å². The van der Waals surface area contributed by atoms with Crippen molar-refractivity contribution in [3.05, 3.63) is 136 Å². The van der Waals surface area contributed by atoms with Crippen molar-refractivity contribution in [2.24, 2.45) is 0 Å². The number of benzene rings is 4. The van der Waals surface area contributed by atoms with Gasteiger partial charge in [-0.3, -0.25) is 0 Å². The largest absolute Gasteiger partial charge is 0.507 e. The summed E-state index contributed by atoms with van der Waals surface area (Å²) >= 11 is 0. The summed E-state index contributed by atoms with van der Waals surface area (Å²) in [4.78, 5) is 0. The average Bonchev–Trinajstić information content (AvgIpc) is 3.35. The monoisotopic (exact) mass is 907 g/mol. The number of rotatable bonds is 18. The molecule has 0 amide bonds. The van der Waals surface area contributed by atoms with E-state index < -0.39 is 0 Å². The fourth-order valence-electron chi connectivity index (χ4n) is 10.3. The van der Waals surface area contributed by atoms with Crippen LogP contribution in [0.2, 0.25) is 0 Å². The van der Waals surface area contributed by atoms with E-state index in [1.54, 1.807) is 0 Å². The van der Waals surface area contributed by atoms with Crippen LogP contribution in [0.15, 0.2) is 113 Å². The maximum atomic E-state index is 12.3. The molecule has 0 aliphatic heterocycles. The summed E-state index contributed by atoms with van der Waals surface area (Å²) in [6, 6.07) is 25.0. The topological polar surface area (TPSA) is 58.9 Å². The maximum absolute atomic E-state index is 12.3. The zero-order chi connectivity index (χ0) is 48.3. The first-order valence-corrected chi connectivity index (χ1v) is 26.6. The van der Waals surface area contributed by atoms with Crippen LogP contribution in [-0.2, 0) is 0 Å². The van der Waals surface area contributed by atoms with Crippen molar-refractivity contribution in [1.29, 1.82) is 0 Å². The van der Waals surface area contributed by atoms with Gasteiger partial charge in [-0.2, -0.15) is 0 Å². The van der Waals surface area contributed by atoms with Gasteiger partial charge in [0.25, 0.3) is 0 Å². The molecule has 1 fully saturated rings. The SMILES string of the molecule is CC.CCC/C=C1/CCCC/C1=C/C(CC)c1cc(C)cc(-c2ccccc2OC(CC)C[C@@H](CC)Oc2ccccc2-c2cc(C)cc(/C3=C(CC)/C(CC)=C\CCCCCC3)c2O)c1O. The Morgan fingerprint density at radius 3 is 1.72 bits per heavy atom. The van der Waals surface area contributed by atoms with E-state index in [2.05, 4.69) is 110 Å². The standard InChI is InChI=1S/C61H80O4.C2H6/c1-9-15-27-46-29-21-22-30-47(46)40-45(11-3)54-36-42(7)38-56(60(54)62)52-32-23-25-34-58(52)64-48(12-4)41-49(13-5)65-59-35-26-24-33-53(59)57-39-43(8)37-55(61(57)63)51-31-20-18-16-17-19-28-44(10-2)50(51)14-6;1-2/h23-28,32-40,45,48-49,62-63H,9-22,29-31,41H2,1-8H3;1-2H3/b44-28-,46-27-,47-40-,51-50+;/t45?,48?,49-;/m1./s1. The van der Waals surface area contributed by atoms with Gasteiger partial charge in [-0.1, -0.05) is 135 Å². The van der Waals surface area contributed by atoms with Gasteiger partial charge in [-0.25, -0.2) is 0 Å². The number of para-hydroxylation sites is 2. The van der Waals surface area contributed by atoms with Crippen LogP contribution in [0, 0.1) is 13.8 Å². The number of hydrogen-bond donors (Lipinski definition) is 2. The molecule has 0 saturated heterocycles. The van der Waals surface area contributed by atoms with Crippen molar-refractivity contribution in [1.82, 2.24) is 0 Å². The predicted octanol–water partition coefficient (Wildman–Crippen LogP) is 19.1. The van der Waals surface area contributed by atoms with Crippen LogP contribution in [0.5, 0.6) is 23.0 Å². The normalized spacial score (nSPS) is 19.2. The molecule has 2 unspecified atom stereocenters. The summed E-state index contributed by atoms with van der Waals surface area (Å²) in [6.07, 6.45) is 26.2. The first-order chi connectivity index (χ1) is 32.6. The number of phenols is 2. The molecule has 362 valence electrons. The summed E-state index contributed by atoms with van der Waals surface area (Å²) in [5.41, 5.74) is 14.7. The zero-order valence-corrected chi connectivity index (χ0v) is 43.3. The van der Waals surface area contributed by atoms with Crippen molar-refractivity contribution < 1.29 is 19.7 Å². The third-order valence-corrected chi connectivity index (χ3v) is 14.0. The van der Waals surface area contributed by atoms with Crippen molar-refractivity contribution in [3.63, 3.8) is 0 Å². The Labute approximate surface area is 407 Å². The lowest BCUT2D eigenvalue weighted by Crippen LogP contribution is -2.27. The quantitative estimate of drug-likeness (QED) is 0.104. The Hall–Kier alpha value is -4.96. The van der Waals surface area contributed by atoms with Crippen LogP contribution in [0.1, 0.15) is 199 Å². The molecule has 1 saturated carbocycles. The van der Waals surface area contributed by atoms with E-state index in [1.807, 2.05) is 50.2 Å². The number of ether oxygens (including phenoxy) is 2. The molecule has 2 aliphatic rings. The van der Waals surface area contributed by atoms with Crippen LogP contribution in [0.3, 0.4) is 0 Å². The van der Waals surface area contributed by atoms with E-state index in [0.717, 1.165) is 133 Å². The number of phenolic OH excluding ortho intramolecular Hbond substituents is 2. The van der Waals surface area contributed by atoms with Crippen molar-refractivity contribution in [2.75, 3.05) is 0 Å². The molecule has 4 aromatic carbocycles. The maximum Gasteiger partial charge on any atom is 0.131 e. The number of hydrogen-bond acceptors (Lipinski definition) is 4. The van der Waals surface area contributed by atoms with Crippen LogP contribution in [-0.4, -0.2) is 22.4 Å². The van der Waals surface area contributed by atoms with Crippen LogP contribution in [0.4, 0.5) is 0 Å². The molecule has 4 heteroatoms. The molecule has 6 rings (SSSR count). The molecule has 67 heavy (non-hydrogen) atoms. The van der Waals surface area contributed by atoms with E-state index in [9.17, 15) is 10.2 Å². The highest BCUT2D eigenvalue weighted by molar-refractivity contribution is 5.85. The third-order valence-electron chi connectivity index (χ3n) is 14.0. The second-order valence-corrected chi connectivity index (χ2v) is 18.8. The highest BCUT2D eigenvalue weighted by Gasteiger charge is 2.25. The molecule has 3 atom stereocenters. The molecular weight excluding hydrogens is 821 g/mol. The molecule has 2 aliphatic carbocycles. The van der Waals surface area contributed by atoms with Crippen LogP contribution < -0.4 is 9.47 Å². The van der Waals surface area contributed by atoms with Gasteiger partial charge in [-0.05, 0) is 173 Å². The molecule has 0 spiro atoms. The van der Waals surface area contributed by atoms with Gasteiger partial charge in [0.2, 0.25) is 0 Å². The Morgan fingerprint density at radius 2 is 1.13 bits per heavy atom. The highest BCUT2D eigenvalue weighted by Crippen LogP contribution is 2.46. The van der Waals surface area contributed by atoms with E-state index >= 15 is 0 Å². The van der Waals surface area contributed by atoms with E-state index in [0.29, 0.717) is 17.9 Å². The van der Waals surface area contributed by atoms with Crippen LogP contribution >= 0.6 is 0 Å². The molecule has 0 radical (unpaired) electrons. The van der Waals surface area contributed by atoms with Gasteiger partial charge >= 0.3 is 0 Å². The Bertz CT molecular complexity index is 2320. The molecular formula is C63H86O4. The molecule has 2 N–H and O–H groups in total. The van der Waals surface area contributed by atoms with Crippen molar-refractivity contribution >= 4 is 5.57 Å². The fourth-order valence-corrected chi connectivity index (χ4v) is 10.3. The summed E-state index contributed by atoms with van der Waals surface area (Å²) in [6.45, 7) is 21.6. The van der Waals surface area contributed by atoms with E-state index in [1.165, 1.54) is 60.0 Å². The zero-order valence-electron chi connectivity index (χ0n) is 43.3. The molecule has 0 heterocycles. The summed E-state index contributed by atoms with van der Waals surface area (Å²) in [7, 11) is 0. The molecule has 0 bridgehead atoms. The smallest absolute Gasteiger partial charge is 0.131 e. The number of aryl methyl sites for hydroxylation is 2. The summed E-state index contributed by atoms with van der Waals surface area (Å²) in [5, 5.41) is 24.5. The fraction of sp³-hybridized carbons (Fsp3) is 0.492. The lowest BCUT2D eigenvalue weighted by Gasteiger charge is -2.27. The molecule has 4 nitrogen and oxygen atoms in total. The van der Waals surface area contributed by atoms with Gasteiger partial charge < -0.3 is 19.7 Å². The van der Waals surface area contributed by atoms with E-state index in [4.69, 9.17) is 9.47 Å². The highest BCUT2D eigenvalue weighted by atomic mass is 16.5. The minimum Gasteiger partial charge on any atom is -0.507 e. The number of allylic oxidation sites excluding steroid dienone is 8.